The molecule has 0 saturated heterocycles. The molecule has 5 nitrogen and oxygen atoms in total. The van der Waals surface area contributed by atoms with E-state index in [0.29, 0.717) is 5.92 Å². The molecule has 0 bridgehead atoms. The standard InChI is InChI=1S/C14H26N2O3/c1-9(2)4-5-10(3)16-12(17)8-15-13(14(18)19)11-6-7-11/h9-11,13,15H,4-8H2,1-3H3,(H,16,17)(H,18,19). The molecule has 0 spiro atoms. The van der Waals surface area contributed by atoms with Gasteiger partial charge in [0.2, 0.25) is 5.91 Å². The summed E-state index contributed by atoms with van der Waals surface area (Å²) in [6.07, 6.45) is 3.91. The second kappa shape index (κ2) is 7.48. The first-order valence-corrected chi connectivity index (χ1v) is 7.15. The van der Waals surface area contributed by atoms with E-state index >= 15 is 0 Å². The van der Waals surface area contributed by atoms with Crippen LogP contribution in [0.3, 0.4) is 0 Å². The number of carboxylic acid groups (broad SMARTS) is 1. The molecule has 2 unspecified atom stereocenters. The highest BCUT2D eigenvalue weighted by atomic mass is 16.4. The molecular weight excluding hydrogens is 244 g/mol. The van der Waals surface area contributed by atoms with Crippen LogP contribution < -0.4 is 10.6 Å². The van der Waals surface area contributed by atoms with Crippen molar-refractivity contribution in [1.82, 2.24) is 10.6 Å². The Balaban J connectivity index is 2.21. The lowest BCUT2D eigenvalue weighted by Gasteiger charge is -2.17. The average Bonchev–Trinajstić information content (AvgIpc) is 3.10. The summed E-state index contributed by atoms with van der Waals surface area (Å²) in [5, 5.41) is 14.8. The molecule has 19 heavy (non-hydrogen) atoms. The zero-order valence-electron chi connectivity index (χ0n) is 12.1. The Morgan fingerprint density at radius 1 is 1.21 bits per heavy atom. The van der Waals surface area contributed by atoms with Gasteiger partial charge in [-0.3, -0.25) is 14.9 Å². The second-order valence-corrected chi connectivity index (χ2v) is 5.97. The van der Waals surface area contributed by atoms with Crippen LogP contribution in [0.15, 0.2) is 0 Å². The van der Waals surface area contributed by atoms with Crippen molar-refractivity contribution in [3.05, 3.63) is 0 Å². The van der Waals surface area contributed by atoms with Crippen LogP contribution >= 0.6 is 0 Å². The number of carbonyl (C=O) groups excluding carboxylic acids is 1. The van der Waals surface area contributed by atoms with Gasteiger partial charge in [-0.1, -0.05) is 13.8 Å². The van der Waals surface area contributed by atoms with E-state index in [-0.39, 0.29) is 24.4 Å². The minimum atomic E-state index is -0.858. The van der Waals surface area contributed by atoms with Crippen molar-refractivity contribution in [2.75, 3.05) is 6.54 Å². The summed E-state index contributed by atoms with van der Waals surface area (Å²) in [4.78, 5) is 22.7. The van der Waals surface area contributed by atoms with Gasteiger partial charge >= 0.3 is 5.97 Å². The second-order valence-electron chi connectivity index (χ2n) is 5.97. The smallest absolute Gasteiger partial charge is 0.320 e. The molecule has 1 aliphatic carbocycles. The van der Waals surface area contributed by atoms with Gasteiger partial charge in [0.15, 0.2) is 0 Å². The number of nitrogens with one attached hydrogen (secondary N) is 2. The summed E-state index contributed by atoms with van der Waals surface area (Å²) in [5.41, 5.74) is 0. The lowest BCUT2D eigenvalue weighted by molar-refractivity contribution is -0.140. The number of carboxylic acids is 1. The molecule has 1 aliphatic rings. The van der Waals surface area contributed by atoms with Crippen LogP contribution in [0, 0.1) is 11.8 Å². The Hall–Kier alpha value is -1.10. The van der Waals surface area contributed by atoms with Gasteiger partial charge in [0.25, 0.3) is 0 Å². The van der Waals surface area contributed by atoms with Crippen LogP contribution in [0.1, 0.15) is 46.5 Å². The van der Waals surface area contributed by atoms with Gasteiger partial charge in [-0.25, -0.2) is 0 Å². The lowest BCUT2D eigenvalue weighted by atomic mass is 10.0. The Bertz CT molecular complexity index is 314. The summed E-state index contributed by atoms with van der Waals surface area (Å²) in [6.45, 7) is 6.38. The van der Waals surface area contributed by atoms with Crippen molar-refractivity contribution in [2.45, 2.75) is 58.5 Å². The van der Waals surface area contributed by atoms with Gasteiger partial charge < -0.3 is 10.4 Å². The molecule has 0 radical (unpaired) electrons. The largest absolute Gasteiger partial charge is 0.480 e. The van der Waals surface area contributed by atoms with Crippen LogP contribution in [-0.2, 0) is 9.59 Å². The molecule has 2 atom stereocenters. The summed E-state index contributed by atoms with van der Waals surface area (Å²) in [5.74, 6) is -0.154. The molecule has 0 aromatic rings. The average molecular weight is 270 g/mol. The molecule has 0 aromatic heterocycles. The molecule has 0 heterocycles. The summed E-state index contributed by atoms with van der Waals surface area (Å²) >= 11 is 0. The molecule has 1 amide bonds. The quantitative estimate of drug-likeness (QED) is 0.591. The van der Waals surface area contributed by atoms with Crippen molar-refractivity contribution in [1.29, 1.82) is 0 Å². The van der Waals surface area contributed by atoms with Crippen LogP contribution in [-0.4, -0.2) is 35.6 Å². The predicted octanol–water partition coefficient (Wildman–Crippen LogP) is 1.38. The number of hydrogen-bond donors (Lipinski definition) is 3. The van der Waals surface area contributed by atoms with Gasteiger partial charge in [0.05, 0.1) is 6.54 Å². The van der Waals surface area contributed by atoms with E-state index in [1.165, 1.54) is 0 Å². The minimum Gasteiger partial charge on any atom is -0.480 e. The topological polar surface area (TPSA) is 78.4 Å². The molecule has 0 aromatic carbocycles. The fourth-order valence-electron chi connectivity index (χ4n) is 2.07. The number of hydrogen-bond acceptors (Lipinski definition) is 3. The molecule has 110 valence electrons. The molecular formula is C14H26N2O3. The van der Waals surface area contributed by atoms with Gasteiger partial charge in [0, 0.05) is 6.04 Å². The maximum absolute atomic E-state index is 11.7. The van der Waals surface area contributed by atoms with E-state index in [4.69, 9.17) is 5.11 Å². The first kappa shape index (κ1) is 16.0. The first-order chi connectivity index (χ1) is 8.90. The molecule has 1 fully saturated rings. The van der Waals surface area contributed by atoms with Gasteiger partial charge in [-0.15, -0.1) is 0 Å². The number of amides is 1. The number of aliphatic carboxylic acids is 1. The zero-order chi connectivity index (χ0) is 14.4. The third-order valence-electron chi connectivity index (χ3n) is 3.43. The van der Waals surface area contributed by atoms with Gasteiger partial charge in [0.1, 0.15) is 6.04 Å². The van der Waals surface area contributed by atoms with E-state index in [1.54, 1.807) is 0 Å². The highest BCUT2D eigenvalue weighted by Crippen LogP contribution is 2.32. The highest BCUT2D eigenvalue weighted by molar-refractivity contribution is 5.80. The van der Waals surface area contributed by atoms with E-state index in [0.717, 1.165) is 25.7 Å². The summed E-state index contributed by atoms with van der Waals surface area (Å²) in [7, 11) is 0. The van der Waals surface area contributed by atoms with Gasteiger partial charge in [-0.2, -0.15) is 0 Å². The highest BCUT2D eigenvalue weighted by Gasteiger charge is 2.36. The molecule has 1 saturated carbocycles. The summed E-state index contributed by atoms with van der Waals surface area (Å²) < 4.78 is 0. The Labute approximate surface area is 115 Å². The van der Waals surface area contributed by atoms with Gasteiger partial charge in [-0.05, 0) is 44.4 Å². The van der Waals surface area contributed by atoms with E-state index in [2.05, 4.69) is 24.5 Å². The monoisotopic (exact) mass is 270 g/mol. The Morgan fingerprint density at radius 2 is 1.84 bits per heavy atom. The number of rotatable bonds is 9. The molecule has 1 rings (SSSR count). The van der Waals surface area contributed by atoms with Crippen molar-refractivity contribution < 1.29 is 14.7 Å². The SMILES string of the molecule is CC(C)CCC(C)NC(=O)CNC(C(=O)O)C1CC1. The van der Waals surface area contributed by atoms with Crippen molar-refractivity contribution in [3.63, 3.8) is 0 Å². The van der Waals surface area contributed by atoms with Crippen LogP contribution in [0.2, 0.25) is 0 Å². The maximum Gasteiger partial charge on any atom is 0.320 e. The summed E-state index contributed by atoms with van der Waals surface area (Å²) in [6, 6.07) is -0.433. The number of carbonyl (C=O) groups is 2. The fraction of sp³-hybridized carbons (Fsp3) is 0.857. The van der Waals surface area contributed by atoms with Crippen molar-refractivity contribution in [2.24, 2.45) is 11.8 Å². The third-order valence-corrected chi connectivity index (χ3v) is 3.43. The van der Waals surface area contributed by atoms with Crippen LogP contribution in [0.25, 0.3) is 0 Å². The minimum absolute atomic E-state index is 0.0828. The fourth-order valence-corrected chi connectivity index (χ4v) is 2.07. The van der Waals surface area contributed by atoms with E-state index < -0.39 is 12.0 Å². The predicted molar refractivity (Wildman–Crippen MR) is 73.8 cm³/mol. The van der Waals surface area contributed by atoms with Crippen LogP contribution in [0.5, 0.6) is 0 Å². The Kier molecular flexibility index (Phi) is 6.28. The molecule has 0 aliphatic heterocycles. The normalized spacial score (nSPS) is 18.1. The first-order valence-electron chi connectivity index (χ1n) is 7.15. The van der Waals surface area contributed by atoms with Crippen molar-refractivity contribution in [3.8, 4) is 0 Å². The zero-order valence-corrected chi connectivity index (χ0v) is 12.1. The van der Waals surface area contributed by atoms with Crippen LogP contribution in [0.4, 0.5) is 0 Å². The molecule has 5 heteroatoms. The van der Waals surface area contributed by atoms with E-state index in [9.17, 15) is 9.59 Å². The maximum atomic E-state index is 11.7. The van der Waals surface area contributed by atoms with E-state index in [1.807, 2.05) is 6.92 Å². The Morgan fingerprint density at radius 3 is 2.32 bits per heavy atom. The molecule has 3 N–H and O–H groups in total. The third kappa shape index (κ3) is 6.57. The van der Waals surface area contributed by atoms with Crippen molar-refractivity contribution >= 4 is 11.9 Å². The lowest BCUT2D eigenvalue weighted by Crippen LogP contribution is -2.46.